The molecule has 0 atom stereocenters. The Morgan fingerprint density at radius 1 is 1.31 bits per heavy atom. The predicted molar refractivity (Wildman–Crippen MR) is 63.6 cm³/mol. The molecular weight excluding hydrogens is 228 g/mol. The van der Waals surface area contributed by atoms with Crippen LogP contribution in [0.25, 0.3) is 0 Å². The van der Waals surface area contributed by atoms with Gasteiger partial charge in [-0.25, -0.2) is 5.84 Å². The summed E-state index contributed by atoms with van der Waals surface area (Å²) in [6.07, 6.45) is 0. The number of hydrazine groups is 1. The molecule has 6 heteroatoms. The molecule has 16 heavy (non-hydrogen) atoms. The lowest BCUT2D eigenvalue weighted by Crippen LogP contribution is -2.53. The Bertz CT molecular complexity index is 442. The predicted octanol–water partition coefficient (Wildman–Crippen LogP) is 1.03. The molecule has 0 aliphatic carbocycles. The van der Waals surface area contributed by atoms with Gasteiger partial charge in [-0.2, -0.15) is 8.42 Å². The Kier molecular flexibility index (Phi) is 3.57. The van der Waals surface area contributed by atoms with E-state index in [1.807, 2.05) is 6.07 Å². The van der Waals surface area contributed by atoms with Crippen molar-refractivity contribution in [1.82, 2.24) is 0 Å². The highest BCUT2D eigenvalue weighted by Crippen LogP contribution is 2.21. The van der Waals surface area contributed by atoms with E-state index in [-0.39, 0.29) is 0 Å². The van der Waals surface area contributed by atoms with Gasteiger partial charge in [0.25, 0.3) is 10.1 Å². The van der Waals surface area contributed by atoms with Crippen LogP contribution in [0.1, 0.15) is 13.8 Å². The molecule has 1 rings (SSSR count). The molecule has 0 radical (unpaired) electrons. The van der Waals surface area contributed by atoms with Gasteiger partial charge in [-0.3, -0.25) is 4.55 Å². The Hall–Kier alpha value is -1.11. The minimum absolute atomic E-state index is 0.425. The summed E-state index contributed by atoms with van der Waals surface area (Å²) in [4.78, 5) is 0. The van der Waals surface area contributed by atoms with Gasteiger partial charge >= 0.3 is 0 Å². The average molecular weight is 244 g/mol. The fourth-order valence-corrected chi connectivity index (χ4v) is 2.49. The number of benzene rings is 1. The molecule has 0 aliphatic heterocycles. The van der Waals surface area contributed by atoms with Crippen molar-refractivity contribution in [3.8, 4) is 0 Å². The lowest BCUT2D eigenvalue weighted by Gasteiger charge is -2.35. The molecule has 90 valence electrons. The minimum Gasteiger partial charge on any atom is -0.304 e. The normalized spacial score (nSPS) is 12.5. The van der Waals surface area contributed by atoms with E-state index in [1.165, 1.54) is 5.01 Å². The number of anilines is 1. The van der Waals surface area contributed by atoms with Gasteiger partial charge in [0.15, 0.2) is 0 Å². The summed E-state index contributed by atoms with van der Waals surface area (Å²) in [5.74, 6) is 5.41. The third kappa shape index (κ3) is 3.48. The topological polar surface area (TPSA) is 83.6 Å². The summed E-state index contributed by atoms with van der Waals surface area (Å²) >= 11 is 0. The van der Waals surface area contributed by atoms with Crippen LogP contribution in [0.15, 0.2) is 30.3 Å². The third-order valence-corrected chi connectivity index (χ3v) is 3.29. The summed E-state index contributed by atoms with van der Waals surface area (Å²) in [6, 6.07) is 8.99. The van der Waals surface area contributed by atoms with Crippen LogP contribution in [-0.4, -0.2) is 24.3 Å². The first-order chi connectivity index (χ1) is 7.22. The average Bonchev–Trinajstić information content (AvgIpc) is 2.14. The van der Waals surface area contributed by atoms with Crippen LogP contribution in [0.4, 0.5) is 5.69 Å². The van der Waals surface area contributed by atoms with E-state index < -0.39 is 21.4 Å². The lowest BCUT2D eigenvalue weighted by molar-refractivity contribution is 0.446. The van der Waals surface area contributed by atoms with Crippen molar-refractivity contribution in [3.63, 3.8) is 0 Å². The molecule has 1 aromatic rings. The molecular formula is C10H16N2O3S. The molecule has 5 nitrogen and oxygen atoms in total. The van der Waals surface area contributed by atoms with Crippen molar-refractivity contribution >= 4 is 15.8 Å². The van der Waals surface area contributed by atoms with E-state index in [0.717, 1.165) is 0 Å². The second-order valence-corrected chi connectivity index (χ2v) is 5.70. The van der Waals surface area contributed by atoms with Gasteiger partial charge in [-0.15, -0.1) is 0 Å². The van der Waals surface area contributed by atoms with Gasteiger partial charge < -0.3 is 5.01 Å². The zero-order chi connectivity index (χ0) is 12.4. The molecule has 1 aromatic carbocycles. The zero-order valence-electron chi connectivity index (χ0n) is 9.29. The van der Waals surface area contributed by atoms with Gasteiger partial charge in [0.1, 0.15) is 0 Å². The van der Waals surface area contributed by atoms with Crippen LogP contribution in [0, 0.1) is 0 Å². The molecule has 0 amide bonds. The fraction of sp³-hybridized carbons (Fsp3) is 0.400. The first kappa shape index (κ1) is 13.0. The summed E-state index contributed by atoms with van der Waals surface area (Å²) in [5, 5.41) is 1.33. The molecule has 0 unspecified atom stereocenters. The van der Waals surface area contributed by atoms with Gasteiger partial charge in [0, 0.05) is 0 Å². The maximum atomic E-state index is 10.9. The maximum Gasteiger partial charge on any atom is 0.267 e. The zero-order valence-corrected chi connectivity index (χ0v) is 10.1. The first-order valence-electron chi connectivity index (χ1n) is 4.77. The second-order valence-electron chi connectivity index (χ2n) is 4.24. The van der Waals surface area contributed by atoms with E-state index >= 15 is 0 Å². The summed E-state index contributed by atoms with van der Waals surface area (Å²) in [7, 11) is -4.06. The highest BCUT2D eigenvalue weighted by molar-refractivity contribution is 7.85. The largest absolute Gasteiger partial charge is 0.304 e. The molecule has 0 aliphatic rings. The van der Waals surface area contributed by atoms with Crippen LogP contribution < -0.4 is 10.9 Å². The van der Waals surface area contributed by atoms with Crippen molar-refractivity contribution in [2.75, 3.05) is 10.8 Å². The Labute approximate surface area is 95.6 Å². The number of hydrogen-bond donors (Lipinski definition) is 2. The Balaban J connectivity index is 2.93. The molecule has 0 saturated heterocycles. The van der Waals surface area contributed by atoms with Crippen molar-refractivity contribution in [2.45, 2.75) is 19.4 Å². The highest BCUT2D eigenvalue weighted by Gasteiger charge is 2.30. The van der Waals surface area contributed by atoms with Crippen molar-refractivity contribution in [3.05, 3.63) is 30.3 Å². The molecule has 0 heterocycles. The summed E-state index contributed by atoms with van der Waals surface area (Å²) in [6.45, 7) is 3.29. The minimum atomic E-state index is -4.06. The summed E-state index contributed by atoms with van der Waals surface area (Å²) in [5.41, 5.74) is -0.189. The van der Waals surface area contributed by atoms with Crippen LogP contribution in [-0.2, 0) is 10.1 Å². The third-order valence-electron chi connectivity index (χ3n) is 2.22. The Morgan fingerprint density at radius 2 is 1.81 bits per heavy atom. The van der Waals surface area contributed by atoms with Gasteiger partial charge in [0.05, 0.1) is 17.0 Å². The van der Waals surface area contributed by atoms with Crippen molar-refractivity contribution in [1.29, 1.82) is 0 Å². The molecule has 3 N–H and O–H groups in total. The molecule has 0 bridgehead atoms. The van der Waals surface area contributed by atoms with E-state index in [9.17, 15) is 8.42 Å². The van der Waals surface area contributed by atoms with Gasteiger partial charge in [0.2, 0.25) is 0 Å². The highest BCUT2D eigenvalue weighted by atomic mass is 32.2. The SMILES string of the molecule is CC(C)(CS(=O)(=O)O)N(N)c1ccccc1. The van der Waals surface area contributed by atoms with Crippen LogP contribution in [0.2, 0.25) is 0 Å². The van der Waals surface area contributed by atoms with E-state index in [0.29, 0.717) is 5.69 Å². The Morgan fingerprint density at radius 3 is 2.25 bits per heavy atom. The number of nitrogens with zero attached hydrogens (tertiary/aromatic N) is 1. The first-order valence-corrected chi connectivity index (χ1v) is 6.38. The van der Waals surface area contributed by atoms with E-state index in [2.05, 4.69) is 0 Å². The number of rotatable bonds is 4. The number of para-hydroxylation sites is 1. The van der Waals surface area contributed by atoms with Crippen LogP contribution >= 0.6 is 0 Å². The number of hydrogen-bond acceptors (Lipinski definition) is 4. The van der Waals surface area contributed by atoms with Gasteiger partial charge in [-0.05, 0) is 26.0 Å². The molecule has 0 fully saturated rings. The van der Waals surface area contributed by atoms with Gasteiger partial charge in [-0.1, -0.05) is 18.2 Å². The standard InChI is InChI=1S/C10H16N2O3S/c1-10(2,8-16(13,14)15)12(11)9-6-4-3-5-7-9/h3-7H,8,11H2,1-2H3,(H,13,14,15). The van der Waals surface area contributed by atoms with Crippen molar-refractivity contribution < 1.29 is 13.0 Å². The number of nitrogens with two attached hydrogens (primary N) is 1. The maximum absolute atomic E-state index is 10.9. The van der Waals surface area contributed by atoms with Crippen LogP contribution in [0.5, 0.6) is 0 Å². The van der Waals surface area contributed by atoms with Crippen LogP contribution in [0.3, 0.4) is 0 Å². The fourth-order valence-electron chi connectivity index (χ4n) is 1.45. The quantitative estimate of drug-likeness (QED) is 0.469. The van der Waals surface area contributed by atoms with E-state index in [1.54, 1.807) is 38.1 Å². The monoisotopic (exact) mass is 244 g/mol. The lowest BCUT2D eigenvalue weighted by atomic mass is 10.1. The molecule has 0 spiro atoms. The van der Waals surface area contributed by atoms with E-state index in [4.69, 9.17) is 10.4 Å². The summed E-state index contributed by atoms with van der Waals surface area (Å²) < 4.78 is 30.6. The van der Waals surface area contributed by atoms with Crippen molar-refractivity contribution in [2.24, 2.45) is 5.84 Å². The molecule has 0 saturated carbocycles. The smallest absolute Gasteiger partial charge is 0.267 e. The second kappa shape index (κ2) is 4.40. The molecule has 0 aromatic heterocycles.